The maximum absolute atomic E-state index is 11.5. The van der Waals surface area contributed by atoms with Gasteiger partial charge in [0.2, 0.25) is 11.8 Å². The lowest BCUT2D eigenvalue weighted by atomic mass is 10.1. The summed E-state index contributed by atoms with van der Waals surface area (Å²) < 4.78 is 10.6. The van der Waals surface area contributed by atoms with Crippen molar-refractivity contribution in [3.63, 3.8) is 0 Å². The normalized spacial score (nSPS) is 10.3. The highest BCUT2D eigenvalue weighted by Crippen LogP contribution is 2.36. The molecule has 3 rings (SSSR count). The zero-order valence-electron chi connectivity index (χ0n) is 16.5. The number of carbonyl (C=O) groups is 2. The number of amides is 2. The fourth-order valence-corrected chi connectivity index (χ4v) is 3.63. The first kappa shape index (κ1) is 20.3. The number of aromatic nitrogens is 1. The maximum Gasteiger partial charge on any atom is 0.221 e. The molecule has 29 heavy (non-hydrogen) atoms. The van der Waals surface area contributed by atoms with Crippen molar-refractivity contribution in [2.45, 2.75) is 13.8 Å². The Labute approximate surface area is 172 Å². The molecule has 0 spiro atoms. The van der Waals surface area contributed by atoms with Crippen molar-refractivity contribution in [3.05, 3.63) is 41.8 Å². The number of methoxy groups -OCH3 is 2. The summed E-state index contributed by atoms with van der Waals surface area (Å²) in [5.41, 5.74) is 3.56. The van der Waals surface area contributed by atoms with Crippen LogP contribution in [0.1, 0.15) is 13.8 Å². The lowest BCUT2D eigenvalue weighted by molar-refractivity contribution is -0.115. The Morgan fingerprint density at radius 2 is 1.52 bits per heavy atom. The van der Waals surface area contributed by atoms with E-state index in [9.17, 15) is 9.59 Å². The number of hydrogen-bond acceptors (Lipinski definition) is 6. The zero-order chi connectivity index (χ0) is 21.0. The minimum absolute atomic E-state index is 0.214. The molecule has 0 bridgehead atoms. The van der Waals surface area contributed by atoms with E-state index in [0.29, 0.717) is 22.9 Å². The van der Waals surface area contributed by atoms with E-state index in [4.69, 9.17) is 14.5 Å². The topological polar surface area (TPSA) is 89.5 Å². The van der Waals surface area contributed by atoms with Gasteiger partial charge in [0.1, 0.15) is 5.01 Å². The van der Waals surface area contributed by atoms with Crippen molar-refractivity contribution < 1.29 is 19.1 Å². The molecule has 0 aliphatic carbocycles. The van der Waals surface area contributed by atoms with Crippen LogP contribution in [0, 0.1) is 0 Å². The van der Waals surface area contributed by atoms with E-state index in [0.717, 1.165) is 21.8 Å². The summed E-state index contributed by atoms with van der Waals surface area (Å²) >= 11 is 1.50. The number of anilines is 2. The first-order valence-corrected chi connectivity index (χ1v) is 9.66. The smallest absolute Gasteiger partial charge is 0.221 e. The van der Waals surface area contributed by atoms with Crippen LogP contribution in [-0.4, -0.2) is 31.0 Å². The molecule has 7 nitrogen and oxygen atoms in total. The van der Waals surface area contributed by atoms with Gasteiger partial charge in [-0.05, 0) is 30.3 Å². The Hall–Kier alpha value is -3.39. The number of ether oxygens (including phenoxy) is 2. The molecule has 2 N–H and O–H groups in total. The minimum atomic E-state index is -0.224. The molecular weight excluding hydrogens is 390 g/mol. The van der Waals surface area contributed by atoms with Crippen LogP contribution in [0.5, 0.6) is 11.5 Å². The van der Waals surface area contributed by atoms with Crippen molar-refractivity contribution in [2.75, 3.05) is 24.9 Å². The van der Waals surface area contributed by atoms with E-state index < -0.39 is 0 Å². The highest BCUT2D eigenvalue weighted by molar-refractivity contribution is 7.13. The maximum atomic E-state index is 11.5. The fraction of sp³-hybridized carbons (Fsp3) is 0.190. The molecule has 1 heterocycles. The van der Waals surface area contributed by atoms with Crippen LogP contribution in [0.15, 0.2) is 41.8 Å². The van der Waals surface area contributed by atoms with Crippen LogP contribution in [0.2, 0.25) is 0 Å². The summed E-state index contributed by atoms with van der Waals surface area (Å²) in [6, 6.07) is 11.0. The van der Waals surface area contributed by atoms with Crippen molar-refractivity contribution in [1.29, 1.82) is 0 Å². The Bertz CT molecular complexity index is 1060. The van der Waals surface area contributed by atoms with Gasteiger partial charge in [-0.15, -0.1) is 11.3 Å². The third-order valence-electron chi connectivity index (χ3n) is 4.07. The van der Waals surface area contributed by atoms with Gasteiger partial charge in [0.15, 0.2) is 11.5 Å². The van der Waals surface area contributed by atoms with Crippen molar-refractivity contribution >= 4 is 34.5 Å². The highest BCUT2D eigenvalue weighted by atomic mass is 32.1. The summed E-state index contributed by atoms with van der Waals surface area (Å²) in [6.07, 6.45) is 0. The molecule has 2 amide bonds. The van der Waals surface area contributed by atoms with Gasteiger partial charge >= 0.3 is 0 Å². The Morgan fingerprint density at radius 3 is 2.17 bits per heavy atom. The number of benzene rings is 2. The van der Waals surface area contributed by atoms with E-state index in [1.165, 1.54) is 25.2 Å². The first-order valence-electron chi connectivity index (χ1n) is 8.78. The number of nitrogens with zero attached hydrogens (tertiary/aromatic N) is 1. The molecule has 1 aromatic heterocycles. The number of thiazole rings is 1. The average molecular weight is 411 g/mol. The van der Waals surface area contributed by atoms with Gasteiger partial charge in [0.25, 0.3) is 0 Å². The van der Waals surface area contributed by atoms with E-state index in [1.54, 1.807) is 26.4 Å². The summed E-state index contributed by atoms with van der Waals surface area (Å²) in [4.78, 5) is 27.7. The number of rotatable bonds is 6. The zero-order valence-corrected chi connectivity index (χ0v) is 17.3. The average Bonchev–Trinajstić information content (AvgIpc) is 3.18. The van der Waals surface area contributed by atoms with Crippen molar-refractivity contribution in [3.8, 4) is 33.3 Å². The lowest BCUT2D eigenvalue weighted by Crippen LogP contribution is -2.12. The fourth-order valence-electron chi connectivity index (χ4n) is 2.80. The van der Waals surface area contributed by atoms with E-state index in [1.807, 2.05) is 29.6 Å². The standard InChI is InChI=1S/C21H21N3O4S/c1-12(25)22-16-7-5-14(9-17(16)23-13(2)26)18-11-29-21(24-18)15-6-8-19(27-3)20(10-15)28-4/h5-11H,1-4H3,(H,22,25)(H,23,26). The van der Waals surface area contributed by atoms with Gasteiger partial charge < -0.3 is 20.1 Å². The van der Waals surface area contributed by atoms with Gasteiger partial charge in [0, 0.05) is 30.4 Å². The predicted octanol–water partition coefficient (Wildman–Crippen LogP) is 4.41. The third kappa shape index (κ3) is 4.72. The second-order valence-corrected chi connectivity index (χ2v) is 7.09. The molecule has 0 aliphatic rings. The van der Waals surface area contributed by atoms with Gasteiger partial charge in [0.05, 0.1) is 31.3 Å². The molecule has 0 fully saturated rings. The van der Waals surface area contributed by atoms with Crippen LogP contribution < -0.4 is 20.1 Å². The number of nitrogens with one attached hydrogen (secondary N) is 2. The highest BCUT2D eigenvalue weighted by Gasteiger charge is 2.13. The predicted molar refractivity (Wildman–Crippen MR) is 115 cm³/mol. The number of hydrogen-bond donors (Lipinski definition) is 2. The van der Waals surface area contributed by atoms with Crippen LogP contribution >= 0.6 is 11.3 Å². The third-order valence-corrected chi connectivity index (χ3v) is 4.96. The Kier molecular flexibility index (Phi) is 6.13. The summed E-state index contributed by atoms with van der Waals surface area (Å²) in [5.74, 6) is 0.850. The molecule has 8 heteroatoms. The van der Waals surface area contributed by atoms with Crippen molar-refractivity contribution in [1.82, 2.24) is 4.98 Å². The van der Waals surface area contributed by atoms with E-state index in [-0.39, 0.29) is 11.8 Å². The van der Waals surface area contributed by atoms with Gasteiger partial charge in [-0.1, -0.05) is 6.07 Å². The molecule has 0 saturated carbocycles. The Morgan fingerprint density at radius 1 is 0.862 bits per heavy atom. The molecule has 3 aromatic rings. The van der Waals surface area contributed by atoms with Crippen LogP contribution in [-0.2, 0) is 9.59 Å². The lowest BCUT2D eigenvalue weighted by Gasteiger charge is -2.12. The SMILES string of the molecule is COc1ccc(-c2nc(-c3ccc(NC(C)=O)c(NC(C)=O)c3)cs2)cc1OC. The summed E-state index contributed by atoms with van der Waals surface area (Å²) in [7, 11) is 3.19. The molecule has 150 valence electrons. The summed E-state index contributed by atoms with van der Waals surface area (Å²) in [5, 5.41) is 8.23. The number of carbonyl (C=O) groups excluding carboxylic acids is 2. The second kappa shape index (κ2) is 8.74. The van der Waals surface area contributed by atoms with Gasteiger partial charge in [-0.3, -0.25) is 9.59 Å². The monoisotopic (exact) mass is 411 g/mol. The van der Waals surface area contributed by atoms with Gasteiger partial charge in [-0.25, -0.2) is 4.98 Å². The minimum Gasteiger partial charge on any atom is -0.493 e. The van der Waals surface area contributed by atoms with Crippen molar-refractivity contribution in [2.24, 2.45) is 0 Å². The second-order valence-electron chi connectivity index (χ2n) is 6.23. The molecule has 2 aromatic carbocycles. The van der Waals surface area contributed by atoms with E-state index in [2.05, 4.69) is 10.6 Å². The Balaban J connectivity index is 1.95. The van der Waals surface area contributed by atoms with Crippen LogP contribution in [0.25, 0.3) is 21.8 Å². The molecule has 0 saturated heterocycles. The molecule has 0 atom stereocenters. The van der Waals surface area contributed by atoms with Crippen LogP contribution in [0.4, 0.5) is 11.4 Å². The largest absolute Gasteiger partial charge is 0.493 e. The molecule has 0 unspecified atom stereocenters. The molecule has 0 radical (unpaired) electrons. The quantitative estimate of drug-likeness (QED) is 0.627. The van der Waals surface area contributed by atoms with Gasteiger partial charge in [-0.2, -0.15) is 0 Å². The first-order chi connectivity index (χ1) is 13.9. The van der Waals surface area contributed by atoms with E-state index >= 15 is 0 Å². The van der Waals surface area contributed by atoms with Crippen LogP contribution in [0.3, 0.4) is 0 Å². The summed E-state index contributed by atoms with van der Waals surface area (Å²) in [6.45, 7) is 2.84. The molecule has 0 aliphatic heterocycles. The molecular formula is C21H21N3O4S.